The number of nitrogens with two attached hydrogens (primary N) is 1. The van der Waals surface area contributed by atoms with Crippen LogP contribution in [0.5, 0.6) is 11.5 Å². The summed E-state index contributed by atoms with van der Waals surface area (Å²) in [6.07, 6.45) is 2.31. The van der Waals surface area contributed by atoms with Gasteiger partial charge in [0.1, 0.15) is 48.0 Å². The lowest BCUT2D eigenvalue weighted by Crippen LogP contribution is -2.88. The van der Waals surface area contributed by atoms with Gasteiger partial charge < -0.3 is 19.9 Å². The number of aryl methyl sites for hydroxylation is 2. The number of ether oxygens (including phenoxy) is 2. The van der Waals surface area contributed by atoms with E-state index < -0.39 is 6.10 Å². The Morgan fingerprint density at radius 2 is 1.48 bits per heavy atom. The molecular weight excluding hydrogens is 376 g/mol. The minimum atomic E-state index is -0.587. The van der Waals surface area contributed by atoms with Gasteiger partial charge in [-0.1, -0.05) is 6.92 Å². The quantitative estimate of drug-likeness (QED) is 0.778. The third kappa shape index (κ3) is 4.70. The normalized spacial score (nSPS) is 22.6. The van der Waals surface area contributed by atoms with Gasteiger partial charge in [0.15, 0.2) is 0 Å². The van der Waals surface area contributed by atoms with E-state index in [0.29, 0.717) is 31.1 Å². The highest BCUT2D eigenvalue weighted by Crippen LogP contribution is 2.31. The van der Waals surface area contributed by atoms with E-state index >= 15 is 0 Å². The first kappa shape index (κ1) is 20.1. The van der Waals surface area contributed by atoms with Gasteiger partial charge in [0.2, 0.25) is 0 Å². The number of quaternary nitrogens is 1. The molecule has 4 nitrogen and oxygen atoms in total. The van der Waals surface area contributed by atoms with E-state index in [2.05, 4.69) is 12.2 Å². The summed E-state index contributed by atoms with van der Waals surface area (Å²) < 4.78 is 38.6. The molecule has 0 saturated carbocycles. The summed E-state index contributed by atoms with van der Waals surface area (Å²) in [4.78, 5) is 0. The first-order valence-electron chi connectivity index (χ1n) is 10.4. The lowest BCUT2D eigenvalue weighted by molar-refractivity contribution is -0.668. The number of aliphatic hydroxyl groups excluding tert-OH is 1. The van der Waals surface area contributed by atoms with Gasteiger partial charge in [0, 0.05) is 5.92 Å². The van der Waals surface area contributed by atoms with Gasteiger partial charge >= 0.3 is 0 Å². The maximum absolute atomic E-state index is 13.3. The number of fused-ring (bicyclic) bond motifs is 2. The van der Waals surface area contributed by atoms with Crippen molar-refractivity contribution in [2.24, 2.45) is 5.92 Å². The Kier molecular flexibility index (Phi) is 6.01. The van der Waals surface area contributed by atoms with Crippen LogP contribution in [-0.4, -0.2) is 36.5 Å². The topological polar surface area (TPSA) is 55.3 Å². The van der Waals surface area contributed by atoms with Crippen molar-refractivity contribution in [3.8, 4) is 11.5 Å². The Hall–Kier alpha value is -2.18. The van der Waals surface area contributed by atoms with Crippen molar-refractivity contribution in [2.75, 3.05) is 13.1 Å². The summed E-state index contributed by atoms with van der Waals surface area (Å²) >= 11 is 0. The molecule has 2 aliphatic rings. The third-order valence-electron chi connectivity index (χ3n) is 6.01. The lowest BCUT2D eigenvalue weighted by atomic mass is 9.94. The molecule has 6 heteroatoms. The Labute approximate surface area is 169 Å². The first-order chi connectivity index (χ1) is 14.0. The largest absolute Gasteiger partial charge is 0.490 e. The van der Waals surface area contributed by atoms with Crippen LogP contribution in [0.2, 0.25) is 0 Å². The summed E-state index contributed by atoms with van der Waals surface area (Å²) in [5.74, 6) is 1.27. The zero-order valence-corrected chi connectivity index (χ0v) is 16.6. The lowest BCUT2D eigenvalue weighted by Gasteiger charge is -2.31. The van der Waals surface area contributed by atoms with Crippen LogP contribution in [0.3, 0.4) is 0 Å². The standard InChI is InChI=1S/C23H27F2NO3/c1-14(20-6-2-15-10-17(24)4-8-21(15)28-20)12-26-13-19(27)23-7-3-16-11-18(25)5-9-22(16)29-23/h4-5,8-11,14,19-20,23,26-27H,2-3,6-7,12-13H2,1H3/p+1/t14-,19-,20+,23?/m1/s1. The van der Waals surface area contributed by atoms with Crippen LogP contribution in [0.4, 0.5) is 8.78 Å². The summed E-state index contributed by atoms with van der Waals surface area (Å²) in [5.41, 5.74) is 1.79. The SMILES string of the molecule is C[C@H](C[NH2+]C[C@@H](O)C1CCc2cc(F)ccc2O1)[C@@H]1CCc2cc(F)ccc2O1. The van der Waals surface area contributed by atoms with Gasteiger partial charge in [-0.25, -0.2) is 8.78 Å². The molecule has 2 aromatic carbocycles. The van der Waals surface area contributed by atoms with E-state index in [-0.39, 0.29) is 23.8 Å². The summed E-state index contributed by atoms with van der Waals surface area (Å²) in [6, 6.07) is 9.22. The van der Waals surface area contributed by atoms with Crippen molar-refractivity contribution in [2.45, 2.75) is 50.9 Å². The van der Waals surface area contributed by atoms with E-state index in [0.717, 1.165) is 36.3 Å². The molecule has 0 fully saturated rings. The van der Waals surface area contributed by atoms with Gasteiger partial charge in [-0.3, -0.25) is 0 Å². The zero-order chi connectivity index (χ0) is 20.4. The zero-order valence-electron chi connectivity index (χ0n) is 16.6. The molecule has 2 aromatic rings. The molecule has 0 radical (unpaired) electrons. The maximum Gasteiger partial charge on any atom is 0.139 e. The monoisotopic (exact) mass is 404 g/mol. The Morgan fingerprint density at radius 3 is 2.10 bits per heavy atom. The van der Waals surface area contributed by atoms with Crippen LogP contribution in [0, 0.1) is 17.6 Å². The number of rotatable bonds is 6. The van der Waals surface area contributed by atoms with E-state index in [1.807, 2.05) is 0 Å². The van der Waals surface area contributed by atoms with Crippen LogP contribution in [0.1, 0.15) is 30.9 Å². The second-order valence-electron chi connectivity index (χ2n) is 8.20. The second-order valence-corrected chi connectivity index (χ2v) is 8.20. The Balaban J connectivity index is 1.24. The molecule has 2 heterocycles. The fourth-order valence-corrected chi connectivity index (χ4v) is 4.26. The molecule has 4 rings (SSSR count). The molecule has 29 heavy (non-hydrogen) atoms. The molecule has 1 unspecified atom stereocenters. The minimum Gasteiger partial charge on any atom is -0.490 e. The van der Waals surface area contributed by atoms with Crippen molar-refractivity contribution in [1.82, 2.24) is 0 Å². The van der Waals surface area contributed by atoms with Crippen LogP contribution in [0.15, 0.2) is 36.4 Å². The Morgan fingerprint density at radius 1 is 0.931 bits per heavy atom. The first-order valence-corrected chi connectivity index (χ1v) is 10.4. The minimum absolute atomic E-state index is 0.0917. The molecule has 0 aromatic heterocycles. The van der Waals surface area contributed by atoms with Crippen molar-refractivity contribution in [1.29, 1.82) is 0 Å². The summed E-state index contributed by atoms with van der Waals surface area (Å²) in [7, 11) is 0. The van der Waals surface area contributed by atoms with Crippen molar-refractivity contribution < 1.29 is 28.7 Å². The number of benzene rings is 2. The predicted octanol–water partition coefficient (Wildman–Crippen LogP) is 2.61. The van der Waals surface area contributed by atoms with Crippen LogP contribution in [0.25, 0.3) is 0 Å². The van der Waals surface area contributed by atoms with Crippen molar-refractivity contribution in [3.05, 3.63) is 59.2 Å². The summed E-state index contributed by atoms with van der Waals surface area (Å²) in [6.45, 7) is 3.51. The van der Waals surface area contributed by atoms with Crippen LogP contribution >= 0.6 is 0 Å². The van der Waals surface area contributed by atoms with Gasteiger partial charge in [0.25, 0.3) is 0 Å². The molecule has 3 N–H and O–H groups in total. The fourth-order valence-electron chi connectivity index (χ4n) is 4.26. The van der Waals surface area contributed by atoms with Gasteiger partial charge in [-0.05, 0) is 73.2 Å². The van der Waals surface area contributed by atoms with Gasteiger partial charge in [-0.15, -0.1) is 0 Å². The molecule has 0 bridgehead atoms. The highest BCUT2D eigenvalue weighted by molar-refractivity contribution is 5.36. The number of aliphatic hydroxyl groups is 1. The van der Waals surface area contributed by atoms with Crippen LogP contribution < -0.4 is 14.8 Å². The molecule has 4 atom stereocenters. The highest BCUT2D eigenvalue weighted by atomic mass is 19.1. The molecule has 0 saturated heterocycles. The molecule has 0 aliphatic carbocycles. The second kappa shape index (κ2) is 8.67. The maximum atomic E-state index is 13.3. The number of halogens is 2. The van der Waals surface area contributed by atoms with E-state index in [4.69, 9.17) is 9.47 Å². The number of hydrogen-bond acceptors (Lipinski definition) is 3. The van der Waals surface area contributed by atoms with Gasteiger partial charge in [-0.2, -0.15) is 0 Å². The van der Waals surface area contributed by atoms with E-state index in [1.54, 1.807) is 18.2 Å². The van der Waals surface area contributed by atoms with Gasteiger partial charge in [0.05, 0.1) is 6.54 Å². The predicted molar refractivity (Wildman–Crippen MR) is 105 cm³/mol. The average Bonchev–Trinajstić information content (AvgIpc) is 2.72. The Bertz CT molecular complexity index is 791. The smallest absolute Gasteiger partial charge is 0.139 e. The molecular formula is C23H28F2NO3+. The summed E-state index contributed by atoms with van der Waals surface area (Å²) in [5, 5.41) is 12.6. The highest BCUT2D eigenvalue weighted by Gasteiger charge is 2.29. The molecule has 2 aliphatic heterocycles. The number of hydrogen-bond donors (Lipinski definition) is 2. The van der Waals surface area contributed by atoms with E-state index in [1.165, 1.54) is 18.2 Å². The molecule has 0 spiro atoms. The average molecular weight is 404 g/mol. The van der Waals surface area contributed by atoms with Crippen LogP contribution in [-0.2, 0) is 12.8 Å². The molecule has 156 valence electrons. The molecule has 0 amide bonds. The fraction of sp³-hybridized carbons (Fsp3) is 0.478. The third-order valence-corrected chi connectivity index (χ3v) is 6.01. The van der Waals surface area contributed by atoms with Crippen molar-refractivity contribution in [3.63, 3.8) is 0 Å². The van der Waals surface area contributed by atoms with E-state index in [9.17, 15) is 13.9 Å². The van der Waals surface area contributed by atoms with Crippen molar-refractivity contribution >= 4 is 0 Å².